The summed E-state index contributed by atoms with van der Waals surface area (Å²) in [5.74, 6) is 1.23. The summed E-state index contributed by atoms with van der Waals surface area (Å²) in [4.78, 5) is 11.7. The molecule has 0 saturated heterocycles. The fourth-order valence-corrected chi connectivity index (χ4v) is 3.11. The monoisotopic (exact) mass is 297 g/mol. The summed E-state index contributed by atoms with van der Waals surface area (Å²) in [5.41, 5.74) is -0.421. The van der Waals surface area contributed by atoms with Gasteiger partial charge in [-0.1, -0.05) is 20.8 Å². The number of ether oxygens (including phenoxy) is 1. The highest BCUT2D eigenvalue weighted by Gasteiger charge is 2.37. The van der Waals surface area contributed by atoms with E-state index in [9.17, 15) is 9.90 Å². The van der Waals surface area contributed by atoms with E-state index in [0.29, 0.717) is 30.4 Å². The van der Waals surface area contributed by atoms with Gasteiger partial charge in [-0.3, -0.25) is 4.79 Å². The second-order valence-corrected chi connectivity index (χ2v) is 8.10. The maximum Gasteiger partial charge on any atom is 0.246 e. The van der Waals surface area contributed by atoms with Crippen molar-refractivity contribution >= 4 is 5.91 Å². The van der Waals surface area contributed by atoms with Gasteiger partial charge in [0.2, 0.25) is 5.91 Å². The maximum atomic E-state index is 11.7. The van der Waals surface area contributed by atoms with Crippen molar-refractivity contribution in [3.63, 3.8) is 0 Å². The lowest BCUT2D eigenvalue weighted by Crippen LogP contribution is -2.47. The Kier molecular flexibility index (Phi) is 5.31. The molecule has 0 heterocycles. The molecule has 4 nitrogen and oxygen atoms in total. The van der Waals surface area contributed by atoms with Crippen LogP contribution in [0.2, 0.25) is 0 Å². The van der Waals surface area contributed by atoms with Crippen LogP contribution in [-0.4, -0.2) is 36.4 Å². The molecule has 2 saturated carbocycles. The Bertz CT molecular complexity index is 350. The Labute approximate surface area is 128 Å². The van der Waals surface area contributed by atoms with Gasteiger partial charge < -0.3 is 15.2 Å². The molecule has 1 amide bonds. The van der Waals surface area contributed by atoms with Crippen LogP contribution >= 0.6 is 0 Å². The molecule has 0 aliphatic heterocycles. The number of hydrogen-bond acceptors (Lipinski definition) is 3. The van der Waals surface area contributed by atoms with E-state index in [4.69, 9.17) is 4.74 Å². The van der Waals surface area contributed by atoms with Crippen LogP contribution in [0.25, 0.3) is 0 Å². The lowest BCUT2D eigenvalue weighted by atomic mass is 9.68. The summed E-state index contributed by atoms with van der Waals surface area (Å²) >= 11 is 0. The first-order valence-electron chi connectivity index (χ1n) is 8.35. The number of hydrogen-bond donors (Lipinski definition) is 2. The molecule has 0 bridgehead atoms. The van der Waals surface area contributed by atoms with Crippen LogP contribution in [0.15, 0.2) is 0 Å². The Hall–Kier alpha value is -0.610. The summed E-state index contributed by atoms with van der Waals surface area (Å²) in [6.07, 6.45) is 6.09. The van der Waals surface area contributed by atoms with Crippen molar-refractivity contribution in [2.24, 2.45) is 17.3 Å². The highest BCUT2D eigenvalue weighted by Crippen LogP contribution is 2.41. The lowest BCUT2D eigenvalue weighted by Gasteiger charge is -2.41. The topological polar surface area (TPSA) is 58.6 Å². The molecule has 2 aliphatic rings. The van der Waals surface area contributed by atoms with Gasteiger partial charge in [0.15, 0.2) is 0 Å². The third kappa shape index (κ3) is 5.59. The van der Waals surface area contributed by atoms with Crippen LogP contribution in [0, 0.1) is 17.3 Å². The van der Waals surface area contributed by atoms with Crippen LogP contribution in [0.5, 0.6) is 0 Å². The van der Waals surface area contributed by atoms with Gasteiger partial charge in [0.25, 0.3) is 0 Å². The lowest BCUT2D eigenvalue weighted by molar-refractivity contribution is -0.127. The van der Waals surface area contributed by atoms with E-state index in [-0.39, 0.29) is 12.5 Å². The molecule has 0 aromatic heterocycles. The van der Waals surface area contributed by atoms with Crippen molar-refractivity contribution in [2.45, 2.75) is 64.9 Å². The minimum atomic E-state index is -0.728. The fourth-order valence-electron chi connectivity index (χ4n) is 3.11. The van der Waals surface area contributed by atoms with Crippen LogP contribution in [0.4, 0.5) is 0 Å². The summed E-state index contributed by atoms with van der Waals surface area (Å²) in [7, 11) is 0. The number of carbonyl (C=O) groups is 1. The first kappa shape index (κ1) is 16.8. The fraction of sp³-hybridized carbons (Fsp3) is 0.941. The van der Waals surface area contributed by atoms with Crippen molar-refractivity contribution < 1.29 is 14.6 Å². The normalized spacial score (nSPS) is 30.2. The third-order valence-electron chi connectivity index (χ3n) is 5.04. The van der Waals surface area contributed by atoms with Crippen molar-refractivity contribution in [2.75, 3.05) is 19.8 Å². The molecule has 0 aromatic rings. The highest BCUT2D eigenvalue weighted by atomic mass is 16.5. The molecule has 2 N–H and O–H groups in total. The molecule has 2 aliphatic carbocycles. The van der Waals surface area contributed by atoms with E-state index >= 15 is 0 Å². The summed E-state index contributed by atoms with van der Waals surface area (Å²) < 4.78 is 5.36. The van der Waals surface area contributed by atoms with Crippen LogP contribution in [0.3, 0.4) is 0 Å². The minimum Gasteiger partial charge on any atom is -0.388 e. The van der Waals surface area contributed by atoms with Gasteiger partial charge in [-0.05, 0) is 55.8 Å². The molecule has 2 fully saturated rings. The zero-order valence-electron chi connectivity index (χ0n) is 13.8. The van der Waals surface area contributed by atoms with Gasteiger partial charge in [-0.2, -0.15) is 0 Å². The average Bonchev–Trinajstić information content (AvgIpc) is 3.20. The predicted octanol–water partition coefficient (Wildman–Crippen LogP) is 2.50. The van der Waals surface area contributed by atoms with Gasteiger partial charge in [0.1, 0.15) is 6.61 Å². The second-order valence-electron chi connectivity index (χ2n) is 8.10. The third-order valence-corrected chi connectivity index (χ3v) is 5.04. The first-order chi connectivity index (χ1) is 9.78. The zero-order chi connectivity index (χ0) is 15.5. The Morgan fingerprint density at radius 2 is 1.86 bits per heavy atom. The largest absolute Gasteiger partial charge is 0.388 e. The van der Waals surface area contributed by atoms with Crippen molar-refractivity contribution in [3.8, 4) is 0 Å². The molecule has 0 spiro atoms. The Balaban J connectivity index is 1.64. The van der Waals surface area contributed by atoms with Crippen molar-refractivity contribution in [1.29, 1.82) is 0 Å². The van der Waals surface area contributed by atoms with Crippen LogP contribution in [-0.2, 0) is 9.53 Å². The second kappa shape index (κ2) is 6.66. The Morgan fingerprint density at radius 1 is 1.24 bits per heavy atom. The number of amides is 1. The molecule has 0 aromatic carbocycles. The van der Waals surface area contributed by atoms with E-state index in [1.165, 1.54) is 12.8 Å². The summed E-state index contributed by atoms with van der Waals surface area (Å²) in [5, 5.41) is 13.4. The smallest absolute Gasteiger partial charge is 0.246 e. The van der Waals surface area contributed by atoms with E-state index in [1.54, 1.807) is 0 Å². The first-order valence-corrected chi connectivity index (χ1v) is 8.35. The predicted molar refractivity (Wildman–Crippen MR) is 82.9 cm³/mol. The number of carbonyl (C=O) groups excluding carboxylic acids is 1. The average molecular weight is 297 g/mol. The minimum absolute atomic E-state index is 0.109. The SMILES string of the molecule is CC(C)(C)C1CCC(O)(CNC(=O)COCC2CC2)CC1. The van der Waals surface area contributed by atoms with Gasteiger partial charge in [0, 0.05) is 6.54 Å². The van der Waals surface area contributed by atoms with Gasteiger partial charge >= 0.3 is 0 Å². The molecule has 122 valence electrons. The zero-order valence-corrected chi connectivity index (χ0v) is 13.8. The molecule has 2 rings (SSSR count). The van der Waals surface area contributed by atoms with Gasteiger partial charge in [-0.25, -0.2) is 0 Å². The molecule has 0 atom stereocenters. The van der Waals surface area contributed by atoms with Crippen LogP contribution < -0.4 is 5.32 Å². The van der Waals surface area contributed by atoms with E-state index in [0.717, 1.165) is 25.7 Å². The van der Waals surface area contributed by atoms with E-state index in [1.807, 2.05) is 0 Å². The molecule has 4 heteroatoms. The van der Waals surface area contributed by atoms with Gasteiger partial charge in [0.05, 0.1) is 12.2 Å². The number of nitrogens with one attached hydrogen (secondary N) is 1. The number of rotatable bonds is 6. The van der Waals surface area contributed by atoms with E-state index in [2.05, 4.69) is 26.1 Å². The van der Waals surface area contributed by atoms with Crippen molar-refractivity contribution in [1.82, 2.24) is 5.32 Å². The summed E-state index contributed by atoms with van der Waals surface area (Å²) in [6.45, 7) is 7.97. The quantitative estimate of drug-likeness (QED) is 0.792. The Morgan fingerprint density at radius 3 is 2.38 bits per heavy atom. The number of aliphatic hydroxyl groups is 1. The summed E-state index contributed by atoms with van der Waals surface area (Å²) in [6, 6.07) is 0. The molecule has 21 heavy (non-hydrogen) atoms. The molecular formula is C17H31NO3. The standard InChI is InChI=1S/C17H31NO3/c1-16(2,3)14-6-8-17(20,9-7-14)12-18-15(19)11-21-10-13-4-5-13/h13-14,20H,4-12H2,1-3H3,(H,18,19). The molecule has 0 radical (unpaired) electrons. The molecular weight excluding hydrogens is 266 g/mol. The maximum absolute atomic E-state index is 11.7. The van der Waals surface area contributed by atoms with E-state index < -0.39 is 5.60 Å². The van der Waals surface area contributed by atoms with Gasteiger partial charge in [-0.15, -0.1) is 0 Å². The highest BCUT2D eigenvalue weighted by molar-refractivity contribution is 5.77. The van der Waals surface area contributed by atoms with Crippen LogP contribution in [0.1, 0.15) is 59.3 Å². The van der Waals surface area contributed by atoms with Crippen molar-refractivity contribution in [3.05, 3.63) is 0 Å². The molecule has 0 unspecified atom stereocenters.